The molecule has 30 heavy (non-hydrogen) atoms. The van der Waals surface area contributed by atoms with Crippen molar-refractivity contribution >= 4 is 48.1 Å². The van der Waals surface area contributed by atoms with Gasteiger partial charge in [0.15, 0.2) is 5.78 Å². The molecule has 5 rings (SSSR count). The van der Waals surface area contributed by atoms with Crippen LogP contribution in [-0.4, -0.2) is 38.9 Å². The SMILES string of the molecule is CC(=O)/C=C(/C)O.C[Si]1(C)c2cccc3c2-c2c1ccnc2-c1[c-]cccc1[Se]3.[Ir]. The Morgan fingerprint density at radius 2 is 1.77 bits per heavy atom. The van der Waals surface area contributed by atoms with Crippen LogP contribution in [-0.2, 0) is 24.9 Å². The molecule has 0 aliphatic carbocycles. The molecule has 1 aromatic heterocycles. The molecule has 3 nitrogen and oxygen atoms in total. The third kappa shape index (κ3) is 3.91. The largest absolute Gasteiger partial charge is 0 e. The molecule has 1 radical (unpaired) electrons. The standard InChI is InChI=1S/C19H14NSeSi.C5H8O2.Ir/c1-22(2)15-9-5-8-14-17(15)18-16(22)10-11-20-19(18)12-6-3-4-7-13(12)21-14;1-4(6)3-5(2)7;/h3-5,7-11H,1-2H3;3,6H,1-2H3;/q-1;;/b;4-3-;. The summed E-state index contributed by atoms with van der Waals surface area (Å²) in [5.41, 5.74) is 5.28. The van der Waals surface area contributed by atoms with Gasteiger partial charge in [0, 0.05) is 26.2 Å². The fraction of sp³-hybridized carbons (Fsp3) is 0.167. The summed E-state index contributed by atoms with van der Waals surface area (Å²) in [6.07, 6.45) is 3.16. The van der Waals surface area contributed by atoms with E-state index in [0.29, 0.717) is 15.0 Å². The summed E-state index contributed by atoms with van der Waals surface area (Å²) in [5.74, 6) is -0.0625. The molecule has 0 bridgehead atoms. The number of carbonyl (C=O) groups excluding carboxylic acids is 1. The second-order valence-corrected chi connectivity index (χ2v) is 14.4. The van der Waals surface area contributed by atoms with Gasteiger partial charge in [0.05, 0.1) is 5.76 Å². The van der Waals surface area contributed by atoms with Gasteiger partial charge in [-0.05, 0) is 13.8 Å². The minimum Gasteiger partial charge on any atom is 0 e. The maximum absolute atomic E-state index is 10.0. The zero-order valence-electron chi connectivity index (χ0n) is 17.2. The number of nitrogens with zero attached hydrogens (tertiary/aromatic N) is 1. The summed E-state index contributed by atoms with van der Waals surface area (Å²) in [6, 6.07) is 19.0. The smallest absolute Gasteiger partial charge is 0 e. The zero-order valence-corrected chi connectivity index (χ0v) is 22.3. The Kier molecular flexibility index (Phi) is 6.66. The summed E-state index contributed by atoms with van der Waals surface area (Å²) >= 11 is 0.325. The normalized spacial score (nSPS) is 14.3. The number of carbonyl (C=O) groups is 1. The van der Waals surface area contributed by atoms with Crippen molar-refractivity contribution in [2.75, 3.05) is 0 Å². The van der Waals surface area contributed by atoms with Crippen molar-refractivity contribution in [2.45, 2.75) is 26.9 Å². The fourth-order valence-electron chi connectivity index (χ4n) is 4.07. The first kappa shape index (κ1) is 22.9. The predicted octanol–water partition coefficient (Wildman–Crippen LogP) is 2.35. The van der Waals surface area contributed by atoms with E-state index in [1.807, 2.05) is 12.3 Å². The topological polar surface area (TPSA) is 50.2 Å². The van der Waals surface area contributed by atoms with Gasteiger partial charge in [0.2, 0.25) is 0 Å². The van der Waals surface area contributed by atoms with Crippen LogP contribution < -0.4 is 19.3 Å². The number of aromatic nitrogens is 1. The van der Waals surface area contributed by atoms with Crippen molar-refractivity contribution in [3.05, 3.63) is 66.6 Å². The minimum absolute atomic E-state index is 0. The molecule has 3 aromatic rings. The minimum atomic E-state index is -1.59. The molecule has 0 unspecified atom stereocenters. The maximum atomic E-state index is 10.0. The van der Waals surface area contributed by atoms with Crippen LogP contribution in [0.3, 0.4) is 0 Å². The summed E-state index contributed by atoms with van der Waals surface area (Å²) in [5, 5.41) is 11.5. The van der Waals surface area contributed by atoms with Gasteiger partial charge in [-0.3, -0.25) is 4.79 Å². The average molecular weight is 656 g/mol. The number of allylic oxidation sites excluding steroid dienone is 2. The number of ketones is 1. The Hall–Kier alpha value is -1.81. The van der Waals surface area contributed by atoms with Crippen LogP contribution in [0, 0.1) is 6.07 Å². The number of fused-ring (bicyclic) bond motifs is 2. The van der Waals surface area contributed by atoms with E-state index < -0.39 is 8.07 Å². The van der Waals surface area contributed by atoms with Crippen LogP contribution in [0.4, 0.5) is 0 Å². The number of pyridine rings is 1. The average Bonchev–Trinajstić information content (AvgIpc) is 2.81. The van der Waals surface area contributed by atoms with Crippen LogP contribution in [0.2, 0.25) is 13.1 Å². The quantitative estimate of drug-likeness (QED) is 0.148. The van der Waals surface area contributed by atoms with Gasteiger partial charge in [-0.15, -0.1) is 0 Å². The molecule has 2 aliphatic rings. The van der Waals surface area contributed by atoms with Gasteiger partial charge in [-0.1, -0.05) is 0 Å². The predicted molar refractivity (Wildman–Crippen MR) is 123 cm³/mol. The number of aliphatic hydroxyl groups is 1. The molecule has 0 spiro atoms. The monoisotopic (exact) mass is 657 g/mol. The number of benzene rings is 2. The number of hydrogen-bond donors (Lipinski definition) is 1. The first-order valence-corrected chi connectivity index (χ1v) is 14.2. The van der Waals surface area contributed by atoms with E-state index in [1.54, 1.807) is 10.4 Å². The summed E-state index contributed by atoms with van der Waals surface area (Å²) in [4.78, 5) is 14.8. The van der Waals surface area contributed by atoms with E-state index in [1.165, 1.54) is 45.5 Å². The molecule has 0 saturated heterocycles. The second kappa shape index (κ2) is 8.74. The van der Waals surface area contributed by atoms with Gasteiger partial charge >= 0.3 is 138 Å². The molecule has 0 fully saturated rings. The number of rotatable bonds is 1. The third-order valence-electron chi connectivity index (χ3n) is 5.26. The van der Waals surface area contributed by atoms with Crippen LogP contribution >= 0.6 is 0 Å². The van der Waals surface area contributed by atoms with Crippen LogP contribution in [0.25, 0.3) is 22.4 Å². The van der Waals surface area contributed by atoms with Gasteiger partial charge in [0.25, 0.3) is 0 Å². The Morgan fingerprint density at radius 3 is 2.43 bits per heavy atom. The maximum Gasteiger partial charge on any atom is 0 e. The molecular formula is C24H22IrNO2SeSi-. The molecule has 2 aliphatic heterocycles. The molecule has 0 atom stereocenters. The van der Waals surface area contributed by atoms with Crippen molar-refractivity contribution in [3.63, 3.8) is 0 Å². The molecule has 0 saturated carbocycles. The van der Waals surface area contributed by atoms with E-state index in [9.17, 15) is 4.79 Å². The van der Waals surface area contributed by atoms with Gasteiger partial charge in [-0.2, -0.15) is 0 Å². The number of aliphatic hydroxyl groups excluding tert-OH is 1. The first-order valence-electron chi connectivity index (χ1n) is 9.51. The van der Waals surface area contributed by atoms with Crippen molar-refractivity contribution in [3.8, 4) is 22.4 Å². The molecule has 0 amide bonds. The Labute approximate surface area is 198 Å². The van der Waals surface area contributed by atoms with Gasteiger partial charge in [-0.25, -0.2) is 0 Å². The van der Waals surface area contributed by atoms with Crippen molar-refractivity contribution in [1.29, 1.82) is 0 Å². The zero-order chi connectivity index (χ0) is 20.8. The molecule has 155 valence electrons. The van der Waals surface area contributed by atoms with Crippen molar-refractivity contribution in [2.24, 2.45) is 0 Å². The van der Waals surface area contributed by atoms with Gasteiger partial charge < -0.3 is 5.11 Å². The van der Waals surface area contributed by atoms with E-state index in [0.717, 1.165) is 5.69 Å². The second-order valence-electron chi connectivity index (χ2n) is 7.79. The Bertz CT molecular complexity index is 1170. The van der Waals surface area contributed by atoms with Crippen molar-refractivity contribution < 1.29 is 30.0 Å². The van der Waals surface area contributed by atoms with E-state index in [2.05, 4.69) is 55.6 Å². The summed E-state index contributed by atoms with van der Waals surface area (Å²) in [7, 11) is -1.59. The molecule has 2 aromatic carbocycles. The fourth-order valence-corrected chi connectivity index (χ4v) is 9.63. The Morgan fingerprint density at radius 1 is 1.07 bits per heavy atom. The molecule has 6 heteroatoms. The van der Waals surface area contributed by atoms with Gasteiger partial charge in [0.1, 0.15) is 0 Å². The number of hydrogen-bond acceptors (Lipinski definition) is 3. The molecule has 1 N–H and O–H groups in total. The third-order valence-corrected chi connectivity index (χ3v) is 11.1. The molecular weight excluding hydrogens is 634 g/mol. The first-order chi connectivity index (χ1) is 13.8. The summed E-state index contributed by atoms with van der Waals surface area (Å²) < 4.78 is 2.91. The molecule has 3 heterocycles. The van der Waals surface area contributed by atoms with Crippen molar-refractivity contribution in [1.82, 2.24) is 4.98 Å². The van der Waals surface area contributed by atoms with Crippen LogP contribution in [0.5, 0.6) is 0 Å². The van der Waals surface area contributed by atoms with E-state index >= 15 is 0 Å². The summed E-state index contributed by atoms with van der Waals surface area (Å²) in [6.45, 7) is 7.78. The van der Waals surface area contributed by atoms with Crippen LogP contribution in [0.15, 0.2) is 60.5 Å². The van der Waals surface area contributed by atoms with Crippen LogP contribution in [0.1, 0.15) is 13.8 Å². The Balaban J connectivity index is 0.000000281. The van der Waals surface area contributed by atoms with E-state index in [4.69, 9.17) is 10.1 Å². The van der Waals surface area contributed by atoms with E-state index in [-0.39, 0.29) is 31.6 Å².